The van der Waals surface area contributed by atoms with Crippen LogP contribution < -0.4 is 28.4 Å². The number of carbonyl (C=O) groups excluding carboxylic acids is 2. The lowest BCUT2D eigenvalue weighted by Gasteiger charge is -2.25. The first-order valence-corrected chi connectivity index (χ1v) is 11.5. The molecule has 0 spiro atoms. The van der Waals surface area contributed by atoms with E-state index >= 15 is 0 Å². The number of aliphatic hydroxyl groups excluding tert-OH is 1. The zero-order valence-electron chi connectivity index (χ0n) is 19.3. The third kappa shape index (κ3) is 3.40. The van der Waals surface area contributed by atoms with Crippen LogP contribution in [0, 0.1) is 0 Å². The molecule has 7 rings (SSSR count). The summed E-state index contributed by atoms with van der Waals surface area (Å²) in [4.78, 5) is 28.2. The number of aliphatic hydroxyl groups is 1. The van der Waals surface area contributed by atoms with E-state index in [0.717, 1.165) is 5.56 Å². The summed E-state index contributed by atoms with van der Waals surface area (Å²) in [6.07, 6.45) is 0. The molecule has 1 saturated heterocycles. The Balaban J connectivity index is 1.34. The van der Waals surface area contributed by atoms with E-state index < -0.39 is 17.7 Å². The number of likely N-dealkylation sites (tertiary alicyclic amines) is 1. The number of nitrogens with zero attached hydrogens (tertiary/aromatic N) is 1. The first-order valence-electron chi connectivity index (χ1n) is 11.5. The molecule has 10 nitrogen and oxygen atoms in total. The van der Waals surface area contributed by atoms with Gasteiger partial charge in [0.15, 0.2) is 34.5 Å². The van der Waals surface area contributed by atoms with Crippen molar-refractivity contribution in [3.8, 4) is 34.5 Å². The Morgan fingerprint density at radius 1 is 0.730 bits per heavy atom. The highest BCUT2D eigenvalue weighted by Gasteiger charge is 2.46. The maximum absolute atomic E-state index is 13.4. The lowest BCUT2D eigenvalue weighted by molar-refractivity contribution is -0.140. The average molecular weight is 501 g/mol. The van der Waals surface area contributed by atoms with Gasteiger partial charge in [0.2, 0.25) is 20.4 Å². The van der Waals surface area contributed by atoms with Crippen molar-refractivity contribution < 1.29 is 43.1 Å². The molecule has 10 heteroatoms. The van der Waals surface area contributed by atoms with Crippen LogP contribution in [0.15, 0.2) is 60.2 Å². The van der Waals surface area contributed by atoms with Gasteiger partial charge in [0.1, 0.15) is 5.76 Å². The van der Waals surface area contributed by atoms with Gasteiger partial charge in [-0.1, -0.05) is 12.1 Å². The Morgan fingerprint density at radius 2 is 1.30 bits per heavy atom. The Kier molecular flexibility index (Phi) is 4.68. The monoisotopic (exact) mass is 501 g/mol. The fourth-order valence-corrected chi connectivity index (χ4v) is 4.91. The van der Waals surface area contributed by atoms with Crippen molar-refractivity contribution in [1.82, 2.24) is 4.90 Å². The standard InChI is InChI=1S/C27H19NO9/c29-25(16-3-6-19-22(9-16)37-13-34-19)23-24(15-2-5-18-21(8-15)36-12-33-18)28(27(31)26(23)30)10-14-1-4-17-20(7-14)35-11-32-17/h1-9,24,29H,10-13H2/b25-23+. The highest BCUT2D eigenvalue weighted by Crippen LogP contribution is 2.45. The predicted octanol–water partition coefficient (Wildman–Crippen LogP) is 3.49. The normalized spacial score (nSPS) is 20.1. The van der Waals surface area contributed by atoms with Crippen molar-refractivity contribution in [3.63, 3.8) is 0 Å². The summed E-state index contributed by atoms with van der Waals surface area (Å²) in [6, 6.07) is 14.5. The molecule has 1 unspecified atom stereocenters. The van der Waals surface area contributed by atoms with Crippen LogP contribution >= 0.6 is 0 Å². The number of hydrogen-bond acceptors (Lipinski definition) is 9. The number of fused-ring (bicyclic) bond motifs is 3. The highest BCUT2D eigenvalue weighted by molar-refractivity contribution is 6.46. The van der Waals surface area contributed by atoms with Gasteiger partial charge < -0.3 is 38.4 Å². The zero-order chi connectivity index (χ0) is 25.1. The molecule has 0 aliphatic carbocycles. The van der Waals surface area contributed by atoms with E-state index in [1.165, 1.54) is 4.90 Å². The van der Waals surface area contributed by atoms with E-state index in [0.29, 0.717) is 45.6 Å². The Morgan fingerprint density at radius 3 is 2.00 bits per heavy atom. The van der Waals surface area contributed by atoms with Crippen LogP contribution in [0.3, 0.4) is 0 Å². The molecule has 4 heterocycles. The summed E-state index contributed by atoms with van der Waals surface area (Å²) in [6.45, 7) is 0.359. The molecule has 1 N–H and O–H groups in total. The number of rotatable bonds is 4. The molecule has 3 aromatic rings. The molecular weight excluding hydrogens is 482 g/mol. The van der Waals surface area contributed by atoms with E-state index in [-0.39, 0.29) is 38.3 Å². The predicted molar refractivity (Wildman–Crippen MR) is 126 cm³/mol. The Hall–Kier alpha value is -4.86. The molecule has 0 saturated carbocycles. The Labute approximate surface area is 210 Å². The minimum Gasteiger partial charge on any atom is -0.507 e. The third-order valence-electron chi connectivity index (χ3n) is 6.69. The maximum Gasteiger partial charge on any atom is 0.295 e. The molecule has 0 aromatic heterocycles. The number of ether oxygens (including phenoxy) is 6. The summed E-state index contributed by atoms with van der Waals surface area (Å²) >= 11 is 0. The highest BCUT2D eigenvalue weighted by atomic mass is 16.7. The third-order valence-corrected chi connectivity index (χ3v) is 6.69. The lowest BCUT2D eigenvalue weighted by atomic mass is 9.94. The van der Waals surface area contributed by atoms with Crippen LogP contribution in [-0.4, -0.2) is 42.1 Å². The molecule has 3 aromatic carbocycles. The number of Topliss-reactive ketones (excluding diaryl/α,β-unsaturated/α-hetero) is 1. The molecule has 4 aliphatic rings. The summed E-state index contributed by atoms with van der Waals surface area (Å²) in [7, 11) is 0. The molecule has 4 aliphatic heterocycles. The van der Waals surface area contributed by atoms with E-state index in [9.17, 15) is 14.7 Å². The minimum atomic E-state index is -0.884. The van der Waals surface area contributed by atoms with Crippen LogP contribution in [0.25, 0.3) is 5.76 Å². The number of hydrogen-bond donors (Lipinski definition) is 1. The maximum atomic E-state index is 13.4. The molecule has 0 bridgehead atoms. The van der Waals surface area contributed by atoms with Gasteiger partial charge in [0.05, 0.1) is 11.6 Å². The SMILES string of the molecule is O=C1C(=O)N(Cc2ccc3c(c2)OCO3)C(c2ccc3c(c2)OCO3)/C1=C(\O)c1ccc2c(c1)OCO2. The van der Waals surface area contributed by atoms with Gasteiger partial charge >= 0.3 is 0 Å². The summed E-state index contributed by atoms with van der Waals surface area (Å²) in [5, 5.41) is 11.4. The van der Waals surface area contributed by atoms with Gasteiger partial charge in [-0.3, -0.25) is 9.59 Å². The first kappa shape index (κ1) is 21.4. The number of carbonyl (C=O) groups is 2. The lowest BCUT2D eigenvalue weighted by Crippen LogP contribution is -2.29. The van der Waals surface area contributed by atoms with Crippen LogP contribution in [-0.2, 0) is 16.1 Å². The van der Waals surface area contributed by atoms with Crippen LogP contribution in [0.1, 0.15) is 22.7 Å². The molecule has 1 atom stereocenters. The van der Waals surface area contributed by atoms with Crippen molar-refractivity contribution in [1.29, 1.82) is 0 Å². The fourth-order valence-electron chi connectivity index (χ4n) is 4.91. The van der Waals surface area contributed by atoms with Crippen molar-refractivity contribution in [3.05, 3.63) is 76.9 Å². The van der Waals surface area contributed by atoms with E-state index in [1.54, 1.807) is 54.6 Å². The molecule has 37 heavy (non-hydrogen) atoms. The van der Waals surface area contributed by atoms with E-state index in [4.69, 9.17) is 28.4 Å². The van der Waals surface area contributed by atoms with Crippen molar-refractivity contribution in [2.24, 2.45) is 0 Å². The largest absolute Gasteiger partial charge is 0.507 e. The van der Waals surface area contributed by atoms with Gasteiger partial charge in [-0.25, -0.2) is 0 Å². The van der Waals surface area contributed by atoms with E-state index in [1.807, 2.05) is 0 Å². The van der Waals surface area contributed by atoms with Crippen molar-refractivity contribution >= 4 is 17.4 Å². The van der Waals surface area contributed by atoms with Gasteiger partial charge in [-0.15, -0.1) is 0 Å². The average Bonchev–Trinajstić information content (AvgIpc) is 3.71. The van der Waals surface area contributed by atoms with Crippen LogP contribution in [0.4, 0.5) is 0 Å². The Bertz CT molecular complexity index is 1510. The second kappa shape index (κ2) is 8.09. The molecule has 1 amide bonds. The van der Waals surface area contributed by atoms with Crippen molar-refractivity contribution in [2.75, 3.05) is 20.4 Å². The molecule has 186 valence electrons. The van der Waals surface area contributed by atoms with E-state index in [2.05, 4.69) is 0 Å². The van der Waals surface area contributed by atoms with Gasteiger partial charge in [0.25, 0.3) is 11.7 Å². The minimum absolute atomic E-state index is 0.0385. The topological polar surface area (TPSA) is 113 Å². The van der Waals surface area contributed by atoms with Gasteiger partial charge in [-0.2, -0.15) is 0 Å². The quantitative estimate of drug-likeness (QED) is 0.326. The molecule has 0 radical (unpaired) electrons. The van der Waals surface area contributed by atoms with Gasteiger partial charge in [-0.05, 0) is 53.6 Å². The molecular formula is C27H19NO9. The fraction of sp³-hybridized carbons (Fsp3) is 0.185. The summed E-state index contributed by atoms with van der Waals surface area (Å²) < 4.78 is 32.6. The second-order valence-corrected chi connectivity index (χ2v) is 8.80. The zero-order valence-corrected chi connectivity index (χ0v) is 19.3. The first-order chi connectivity index (χ1) is 18.1. The second-order valence-electron chi connectivity index (χ2n) is 8.80. The van der Waals surface area contributed by atoms with Crippen molar-refractivity contribution in [2.45, 2.75) is 12.6 Å². The number of ketones is 1. The number of amides is 1. The number of benzene rings is 3. The smallest absolute Gasteiger partial charge is 0.295 e. The van der Waals surface area contributed by atoms with Crippen LogP contribution in [0.2, 0.25) is 0 Å². The van der Waals surface area contributed by atoms with Gasteiger partial charge in [0, 0.05) is 12.1 Å². The molecule has 1 fully saturated rings. The summed E-state index contributed by atoms with van der Waals surface area (Å²) in [5.74, 6) is 1.37. The summed E-state index contributed by atoms with van der Waals surface area (Å²) in [5.41, 5.74) is 1.62. The van der Waals surface area contributed by atoms with Crippen LogP contribution in [0.5, 0.6) is 34.5 Å².